The number of carbonyl (C=O) groups is 2. The molecule has 0 bridgehead atoms. The zero-order chi connectivity index (χ0) is 27.0. The van der Waals surface area contributed by atoms with Crippen LogP contribution in [0.3, 0.4) is 0 Å². The zero-order valence-electron chi connectivity index (χ0n) is 21.9. The number of para-hydroxylation sites is 1. The first-order chi connectivity index (χ1) is 18.2. The molecular weight excluding hydrogens is 493 g/mol. The van der Waals surface area contributed by atoms with Crippen molar-refractivity contribution in [1.82, 2.24) is 4.90 Å². The molecular formula is C29H34FNO7. The second-order valence-electron chi connectivity index (χ2n) is 10.5. The maximum atomic E-state index is 14.3. The van der Waals surface area contributed by atoms with Gasteiger partial charge in [-0.1, -0.05) is 12.1 Å². The number of hydrogen-bond donors (Lipinski definition) is 1. The number of amides is 1. The molecule has 2 aromatic rings. The van der Waals surface area contributed by atoms with Crippen LogP contribution in [-0.2, 0) is 9.53 Å². The molecule has 2 saturated heterocycles. The minimum atomic E-state index is -0.883. The smallest absolute Gasteiger partial charge is 0.303 e. The third-order valence-electron chi connectivity index (χ3n) is 8.16. The minimum absolute atomic E-state index is 0.0341. The number of rotatable bonds is 7. The van der Waals surface area contributed by atoms with Crippen molar-refractivity contribution in [2.45, 2.75) is 57.3 Å². The monoisotopic (exact) mass is 527 g/mol. The molecule has 9 heteroatoms. The molecule has 0 unspecified atom stereocenters. The van der Waals surface area contributed by atoms with Crippen LogP contribution in [0.2, 0.25) is 0 Å². The fraction of sp³-hybridized carbons (Fsp3) is 0.517. The van der Waals surface area contributed by atoms with E-state index >= 15 is 0 Å². The van der Waals surface area contributed by atoms with Crippen LogP contribution >= 0.6 is 0 Å². The van der Waals surface area contributed by atoms with Crippen molar-refractivity contribution in [2.24, 2.45) is 11.8 Å². The lowest BCUT2D eigenvalue weighted by atomic mass is 9.68. The Morgan fingerprint density at radius 3 is 2.76 bits per heavy atom. The maximum absolute atomic E-state index is 14.3. The van der Waals surface area contributed by atoms with E-state index < -0.39 is 17.4 Å². The van der Waals surface area contributed by atoms with Gasteiger partial charge in [0.15, 0.2) is 23.1 Å². The zero-order valence-corrected chi connectivity index (χ0v) is 21.9. The van der Waals surface area contributed by atoms with Gasteiger partial charge < -0.3 is 29.0 Å². The number of fused-ring (bicyclic) bond motifs is 4. The van der Waals surface area contributed by atoms with E-state index in [0.29, 0.717) is 50.5 Å². The highest BCUT2D eigenvalue weighted by atomic mass is 19.1. The van der Waals surface area contributed by atoms with Crippen LogP contribution in [0.1, 0.15) is 61.6 Å². The molecule has 0 saturated carbocycles. The number of methoxy groups -OCH3 is 1. The summed E-state index contributed by atoms with van der Waals surface area (Å²) in [6, 6.07) is 10.0. The van der Waals surface area contributed by atoms with Gasteiger partial charge in [0.25, 0.3) is 5.91 Å². The summed E-state index contributed by atoms with van der Waals surface area (Å²) in [5, 5.41) is 9.44. The van der Waals surface area contributed by atoms with Gasteiger partial charge >= 0.3 is 5.97 Å². The highest BCUT2D eigenvalue weighted by Gasteiger charge is 2.54. The molecule has 1 N–H and O–H groups in total. The van der Waals surface area contributed by atoms with E-state index in [1.54, 1.807) is 11.0 Å². The molecule has 3 aliphatic heterocycles. The summed E-state index contributed by atoms with van der Waals surface area (Å²) in [5.41, 5.74) is 0.403. The standard InChI is InChI=1S/C29H34FNO7/c1-4-36-24-7-5-6-19-26-20(29(2,38-27(19)24)12-10-25(32)33)14-18-16-31(13-11-22(18)37-26)28(34)17-8-9-23(35-3)21(30)15-17/h5-9,15,18,20,22,26H,4,10-14,16H2,1-3H3,(H,32,33)/t18-,20-,22-,26+,29+/m1/s1. The molecule has 3 heterocycles. The van der Waals surface area contributed by atoms with E-state index in [1.807, 2.05) is 32.0 Å². The van der Waals surface area contributed by atoms with Gasteiger partial charge in [0.2, 0.25) is 0 Å². The molecule has 0 radical (unpaired) electrons. The Labute approximate surface area is 221 Å². The Bertz CT molecular complexity index is 1220. The summed E-state index contributed by atoms with van der Waals surface area (Å²) >= 11 is 0. The van der Waals surface area contributed by atoms with Gasteiger partial charge in [-0.3, -0.25) is 9.59 Å². The first-order valence-corrected chi connectivity index (χ1v) is 13.2. The quantitative estimate of drug-likeness (QED) is 0.550. The molecule has 0 aliphatic carbocycles. The average molecular weight is 528 g/mol. The Kier molecular flexibility index (Phi) is 7.22. The summed E-state index contributed by atoms with van der Waals surface area (Å²) in [6.07, 6.45) is 1.33. The van der Waals surface area contributed by atoms with Crippen molar-refractivity contribution in [3.63, 3.8) is 0 Å². The first kappa shape index (κ1) is 26.3. The molecule has 1 amide bonds. The van der Waals surface area contributed by atoms with Crippen molar-refractivity contribution in [3.8, 4) is 17.2 Å². The number of ether oxygens (including phenoxy) is 4. The number of hydrogen-bond acceptors (Lipinski definition) is 6. The number of aliphatic carboxylic acids is 1. The Morgan fingerprint density at radius 2 is 2.05 bits per heavy atom. The second kappa shape index (κ2) is 10.4. The highest BCUT2D eigenvalue weighted by molar-refractivity contribution is 5.94. The van der Waals surface area contributed by atoms with Crippen molar-refractivity contribution < 1.29 is 38.0 Å². The van der Waals surface area contributed by atoms with Gasteiger partial charge in [-0.15, -0.1) is 0 Å². The van der Waals surface area contributed by atoms with Crippen molar-refractivity contribution in [3.05, 3.63) is 53.3 Å². The number of carboxylic acid groups (broad SMARTS) is 1. The van der Waals surface area contributed by atoms with Crippen LogP contribution in [0.5, 0.6) is 17.2 Å². The van der Waals surface area contributed by atoms with Crippen LogP contribution < -0.4 is 14.2 Å². The molecule has 0 spiro atoms. The second-order valence-corrected chi connectivity index (χ2v) is 10.5. The first-order valence-electron chi connectivity index (χ1n) is 13.2. The van der Waals surface area contributed by atoms with Gasteiger partial charge in [-0.2, -0.15) is 0 Å². The van der Waals surface area contributed by atoms with E-state index in [9.17, 15) is 19.1 Å². The molecule has 5 rings (SSSR count). The SMILES string of the molecule is CCOc1cccc2c1O[C@@](C)(CCC(=O)O)[C@@H]1C[C@@H]3CN(C(=O)c4ccc(OC)c(F)c4)CC[C@H]3O[C@@H]21. The molecule has 38 heavy (non-hydrogen) atoms. The lowest BCUT2D eigenvalue weighted by Crippen LogP contribution is -2.57. The van der Waals surface area contributed by atoms with Crippen molar-refractivity contribution in [2.75, 3.05) is 26.8 Å². The number of carbonyl (C=O) groups excluding carboxylic acids is 1. The lowest BCUT2D eigenvalue weighted by Gasteiger charge is -2.54. The van der Waals surface area contributed by atoms with Crippen LogP contribution in [0, 0.1) is 17.7 Å². The largest absolute Gasteiger partial charge is 0.494 e. The fourth-order valence-electron chi connectivity index (χ4n) is 6.21. The summed E-state index contributed by atoms with van der Waals surface area (Å²) < 4.78 is 38.4. The molecule has 204 valence electrons. The molecule has 0 aromatic heterocycles. The van der Waals surface area contributed by atoms with Crippen LogP contribution in [0.4, 0.5) is 4.39 Å². The number of benzene rings is 2. The average Bonchev–Trinajstić information content (AvgIpc) is 2.91. The van der Waals surface area contributed by atoms with Gasteiger partial charge in [-0.05, 0) is 57.4 Å². The Hall–Kier alpha value is -3.33. The number of nitrogens with zero attached hydrogens (tertiary/aromatic N) is 1. The van der Waals surface area contributed by atoms with E-state index in [0.717, 1.165) is 5.56 Å². The third kappa shape index (κ3) is 4.79. The summed E-state index contributed by atoms with van der Waals surface area (Å²) in [7, 11) is 1.39. The number of carboxylic acids is 1. The topological polar surface area (TPSA) is 94.5 Å². The van der Waals surface area contributed by atoms with Crippen molar-refractivity contribution in [1.29, 1.82) is 0 Å². The summed E-state index contributed by atoms with van der Waals surface area (Å²) in [5.74, 6) is -0.409. The van der Waals surface area contributed by atoms with Crippen LogP contribution in [0.25, 0.3) is 0 Å². The predicted molar refractivity (Wildman–Crippen MR) is 136 cm³/mol. The number of piperidine rings is 1. The third-order valence-corrected chi connectivity index (χ3v) is 8.16. The lowest BCUT2D eigenvalue weighted by molar-refractivity contribution is -0.191. The van der Waals surface area contributed by atoms with Crippen LogP contribution in [0.15, 0.2) is 36.4 Å². The van der Waals surface area contributed by atoms with E-state index in [4.69, 9.17) is 18.9 Å². The van der Waals surface area contributed by atoms with E-state index in [-0.39, 0.29) is 47.7 Å². The maximum Gasteiger partial charge on any atom is 0.303 e. The molecule has 3 aliphatic rings. The summed E-state index contributed by atoms with van der Waals surface area (Å²) in [6.45, 7) is 5.32. The highest BCUT2D eigenvalue weighted by Crippen LogP contribution is 2.56. The molecule has 8 nitrogen and oxygen atoms in total. The fourth-order valence-corrected chi connectivity index (χ4v) is 6.21. The summed E-state index contributed by atoms with van der Waals surface area (Å²) in [4.78, 5) is 26.5. The van der Waals surface area contributed by atoms with Gasteiger partial charge in [0, 0.05) is 42.5 Å². The van der Waals surface area contributed by atoms with Gasteiger partial charge in [0.05, 0.1) is 25.9 Å². The van der Waals surface area contributed by atoms with Gasteiger partial charge in [0.1, 0.15) is 5.60 Å². The van der Waals surface area contributed by atoms with Gasteiger partial charge in [-0.25, -0.2) is 4.39 Å². The van der Waals surface area contributed by atoms with E-state index in [1.165, 1.54) is 19.2 Å². The normalized spacial score (nSPS) is 27.8. The molecule has 2 fully saturated rings. The molecule has 2 aromatic carbocycles. The Balaban J connectivity index is 1.41. The van der Waals surface area contributed by atoms with Crippen molar-refractivity contribution >= 4 is 11.9 Å². The molecule has 5 atom stereocenters. The Morgan fingerprint density at radius 1 is 1.24 bits per heavy atom. The predicted octanol–water partition coefficient (Wildman–Crippen LogP) is 4.86. The number of halogens is 1. The number of likely N-dealkylation sites (tertiary alicyclic amines) is 1. The van der Waals surface area contributed by atoms with Crippen LogP contribution in [-0.4, -0.2) is 60.4 Å². The minimum Gasteiger partial charge on any atom is -0.494 e. The van der Waals surface area contributed by atoms with E-state index in [2.05, 4.69) is 0 Å².